The van der Waals surface area contributed by atoms with Crippen LogP contribution in [0.4, 0.5) is 0 Å². The molecule has 0 bridgehead atoms. The highest BCUT2D eigenvalue weighted by atomic mass is 14.7. The SMILES string of the molecule is CC(C)C=NCCCCCCN=CC(C)C. The first-order valence-electron chi connectivity index (χ1n) is 6.62. The van der Waals surface area contributed by atoms with Crippen LogP contribution < -0.4 is 0 Å². The monoisotopic (exact) mass is 224 g/mol. The van der Waals surface area contributed by atoms with E-state index in [1.165, 1.54) is 25.7 Å². The topological polar surface area (TPSA) is 24.7 Å². The summed E-state index contributed by atoms with van der Waals surface area (Å²) in [6.07, 6.45) is 9.10. The molecule has 0 aliphatic heterocycles. The zero-order valence-corrected chi connectivity index (χ0v) is 11.4. The summed E-state index contributed by atoms with van der Waals surface area (Å²) in [6.45, 7) is 10.6. The Labute approximate surface area is 101 Å². The van der Waals surface area contributed by atoms with Crippen molar-refractivity contribution in [1.29, 1.82) is 0 Å². The molecule has 0 spiro atoms. The molecule has 2 heteroatoms. The maximum absolute atomic E-state index is 4.37. The molecule has 0 unspecified atom stereocenters. The number of hydrogen-bond acceptors (Lipinski definition) is 2. The normalized spacial score (nSPS) is 12.6. The Hall–Kier alpha value is -0.660. The summed E-state index contributed by atoms with van der Waals surface area (Å²) >= 11 is 0. The molecule has 2 nitrogen and oxygen atoms in total. The molecule has 0 atom stereocenters. The van der Waals surface area contributed by atoms with Crippen molar-refractivity contribution in [1.82, 2.24) is 0 Å². The van der Waals surface area contributed by atoms with E-state index in [1.807, 2.05) is 12.4 Å². The molecule has 0 aromatic carbocycles. The number of rotatable bonds is 9. The summed E-state index contributed by atoms with van der Waals surface area (Å²) in [5.74, 6) is 1.18. The van der Waals surface area contributed by atoms with Crippen LogP contribution in [0.3, 0.4) is 0 Å². The van der Waals surface area contributed by atoms with E-state index in [9.17, 15) is 0 Å². The number of aliphatic imine (C=N–C) groups is 2. The third-order valence-corrected chi connectivity index (χ3v) is 2.13. The van der Waals surface area contributed by atoms with Gasteiger partial charge in [-0.1, -0.05) is 40.5 Å². The Morgan fingerprint density at radius 3 is 1.38 bits per heavy atom. The van der Waals surface area contributed by atoms with Gasteiger partial charge >= 0.3 is 0 Å². The Kier molecular flexibility index (Phi) is 10.4. The van der Waals surface area contributed by atoms with Gasteiger partial charge in [0.1, 0.15) is 0 Å². The van der Waals surface area contributed by atoms with Crippen LogP contribution in [-0.2, 0) is 0 Å². The number of unbranched alkanes of at least 4 members (excludes halogenated alkanes) is 3. The van der Waals surface area contributed by atoms with Gasteiger partial charge < -0.3 is 0 Å². The maximum atomic E-state index is 4.37. The summed E-state index contributed by atoms with van der Waals surface area (Å²) < 4.78 is 0. The fourth-order valence-electron chi connectivity index (χ4n) is 1.33. The minimum absolute atomic E-state index is 0.588. The van der Waals surface area contributed by atoms with Crippen LogP contribution in [-0.4, -0.2) is 25.5 Å². The molecule has 94 valence electrons. The Morgan fingerprint density at radius 1 is 0.688 bits per heavy atom. The van der Waals surface area contributed by atoms with E-state index in [1.54, 1.807) is 0 Å². The van der Waals surface area contributed by atoms with Gasteiger partial charge in [0.2, 0.25) is 0 Å². The van der Waals surface area contributed by atoms with Gasteiger partial charge in [-0.3, -0.25) is 9.98 Å². The lowest BCUT2D eigenvalue weighted by Crippen LogP contribution is -1.91. The van der Waals surface area contributed by atoms with Gasteiger partial charge in [-0.15, -0.1) is 0 Å². The van der Waals surface area contributed by atoms with Crippen LogP contribution >= 0.6 is 0 Å². The summed E-state index contributed by atoms with van der Waals surface area (Å²) in [5.41, 5.74) is 0. The molecule has 0 N–H and O–H groups in total. The molecule has 16 heavy (non-hydrogen) atoms. The molecular formula is C14H28N2. The van der Waals surface area contributed by atoms with Crippen molar-refractivity contribution < 1.29 is 0 Å². The molecule has 0 saturated carbocycles. The van der Waals surface area contributed by atoms with E-state index in [-0.39, 0.29) is 0 Å². The van der Waals surface area contributed by atoms with Crippen molar-refractivity contribution in [2.24, 2.45) is 21.8 Å². The van der Waals surface area contributed by atoms with Gasteiger partial charge in [0.05, 0.1) is 0 Å². The highest BCUT2D eigenvalue weighted by molar-refractivity contribution is 5.59. The largest absolute Gasteiger partial charge is 0.297 e. The first-order valence-corrected chi connectivity index (χ1v) is 6.62. The Balaban J connectivity index is 3.16. The van der Waals surface area contributed by atoms with Crippen LogP contribution in [0.5, 0.6) is 0 Å². The van der Waals surface area contributed by atoms with Crippen molar-refractivity contribution >= 4 is 12.4 Å². The second-order valence-electron chi connectivity index (χ2n) is 5.01. The molecule has 0 aromatic rings. The third-order valence-electron chi connectivity index (χ3n) is 2.13. The zero-order chi connectivity index (χ0) is 12.2. The second kappa shape index (κ2) is 10.8. The van der Waals surface area contributed by atoms with Crippen molar-refractivity contribution in [2.75, 3.05) is 13.1 Å². The van der Waals surface area contributed by atoms with Crippen molar-refractivity contribution in [3.05, 3.63) is 0 Å². The van der Waals surface area contributed by atoms with Gasteiger partial charge in [-0.2, -0.15) is 0 Å². The molecule has 0 fully saturated rings. The predicted molar refractivity (Wildman–Crippen MR) is 74.9 cm³/mol. The standard InChI is InChI=1S/C14H28N2/c1-13(2)11-15-9-7-5-6-8-10-16-12-14(3)4/h11-14H,5-10H2,1-4H3. The van der Waals surface area contributed by atoms with Gasteiger partial charge in [0.15, 0.2) is 0 Å². The number of hydrogen-bond donors (Lipinski definition) is 0. The minimum atomic E-state index is 0.588. The summed E-state index contributed by atoms with van der Waals surface area (Å²) in [4.78, 5) is 8.75. The van der Waals surface area contributed by atoms with Crippen LogP contribution in [0.25, 0.3) is 0 Å². The molecule has 0 aliphatic carbocycles. The quantitative estimate of drug-likeness (QED) is 0.418. The van der Waals surface area contributed by atoms with E-state index >= 15 is 0 Å². The lowest BCUT2D eigenvalue weighted by molar-refractivity contribution is 0.653. The third kappa shape index (κ3) is 13.3. The van der Waals surface area contributed by atoms with Crippen molar-refractivity contribution in [3.63, 3.8) is 0 Å². The smallest absolute Gasteiger partial charge is 0.0385 e. The van der Waals surface area contributed by atoms with Gasteiger partial charge in [-0.25, -0.2) is 0 Å². The molecule has 0 aromatic heterocycles. The molecule has 0 radical (unpaired) electrons. The first-order chi connectivity index (χ1) is 7.63. The Bertz CT molecular complexity index is 171. The maximum Gasteiger partial charge on any atom is 0.0385 e. The van der Waals surface area contributed by atoms with Gasteiger partial charge in [-0.05, 0) is 24.7 Å². The second-order valence-corrected chi connectivity index (χ2v) is 5.01. The average Bonchev–Trinajstić information content (AvgIpc) is 2.20. The molecule has 0 aliphatic rings. The summed E-state index contributed by atoms with van der Waals surface area (Å²) in [7, 11) is 0. The van der Waals surface area contributed by atoms with Crippen LogP contribution in [0.15, 0.2) is 9.98 Å². The van der Waals surface area contributed by atoms with Crippen molar-refractivity contribution in [2.45, 2.75) is 53.4 Å². The fraction of sp³-hybridized carbons (Fsp3) is 0.857. The molecule has 0 saturated heterocycles. The lowest BCUT2D eigenvalue weighted by Gasteiger charge is -1.98. The highest BCUT2D eigenvalue weighted by Crippen LogP contribution is 2.00. The van der Waals surface area contributed by atoms with E-state index in [4.69, 9.17) is 0 Å². The fourth-order valence-corrected chi connectivity index (χ4v) is 1.33. The molecular weight excluding hydrogens is 196 g/mol. The zero-order valence-electron chi connectivity index (χ0n) is 11.4. The molecule has 0 rings (SSSR count). The summed E-state index contributed by atoms with van der Waals surface area (Å²) in [5, 5.41) is 0. The van der Waals surface area contributed by atoms with Crippen LogP contribution in [0.1, 0.15) is 53.4 Å². The van der Waals surface area contributed by atoms with Crippen molar-refractivity contribution in [3.8, 4) is 0 Å². The van der Waals surface area contributed by atoms with Crippen LogP contribution in [0.2, 0.25) is 0 Å². The predicted octanol–water partition coefficient (Wildman–Crippen LogP) is 4.00. The van der Waals surface area contributed by atoms with E-state index in [0.29, 0.717) is 11.8 Å². The number of nitrogens with zero attached hydrogens (tertiary/aromatic N) is 2. The first kappa shape index (κ1) is 15.3. The highest BCUT2D eigenvalue weighted by Gasteiger charge is 1.90. The molecule has 0 heterocycles. The minimum Gasteiger partial charge on any atom is -0.297 e. The van der Waals surface area contributed by atoms with Crippen LogP contribution in [0, 0.1) is 11.8 Å². The van der Waals surface area contributed by atoms with Gasteiger partial charge in [0, 0.05) is 25.5 Å². The average molecular weight is 224 g/mol. The van der Waals surface area contributed by atoms with E-state index in [0.717, 1.165) is 13.1 Å². The molecule has 0 amide bonds. The Morgan fingerprint density at radius 2 is 1.06 bits per heavy atom. The van der Waals surface area contributed by atoms with E-state index < -0.39 is 0 Å². The van der Waals surface area contributed by atoms with Gasteiger partial charge in [0.25, 0.3) is 0 Å². The lowest BCUT2D eigenvalue weighted by atomic mass is 10.2. The van der Waals surface area contributed by atoms with E-state index in [2.05, 4.69) is 37.7 Å². The summed E-state index contributed by atoms with van der Waals surface area (Å²) in [6, 6.07) is 0.